The maximum atomic E-state index is 13.4. The lowest BCUT2D eigenvalue weighted by Gasteiger charge is -2.30. The molecule has 3 fully saturated rings. The molecule has 0 saturated carbocycles. The van der Waals surface area contributed by atoms with Crippen LogP contribution in [0.1, 0.15) is 23.6 Å². The maximum absolute atomic E-state index is 13.4. The number of carbonyl (C=O) groups is 2. The lowest BCUT2D eigenvalue weighted by Crippen LogP contribution is -2.44. The SMILES string of the molecule is COc1ccc([C@@H]2[C@@H]3C(=O)N(c4cccc(C(F)(F)F)c4)C(=O)[C@H]3N3CCCN23)cc1. The first-order chi connectivity index (χ1) is 14.8. The van der Waals surface area contributed by atoms with Gasteiger partial charge in [-0.3, -0.25) is 9.59 Å². The number of nitrogens with zero attached hydrogens (tertiary/aromatic N) is 3. The zero-order chi connectivity index (χ0) is 21.9. The van der Waals surface area contributed by atoms with Gasteiger partial charge in [-0.15, -0.1) is 0 Å². The van der Waals surface area contributed by atoms with Crippen LogP contribution in [0.2, 0.25) is 0 Å². The third-order valence-electron chi connectivity index (χ3n) is 6.29. The molecule has 2 aromatic carbocycles. The summed E-state index contributed by atoms with van der Waals surface area (Å²) in [6, 6.07) is 10.6. The van der Waals surface area contributed by atoms with Crippen LogP contribution in [0.3, 0.4) is 0 Å². The fourth-order valence-electron chi connectivity index (χ4n) is 4.99. The summed E-state index contributed by atoms with van der Waals surface area (Å²) < 4.78 is 44.8. The first-order valence-electron chi connectivity index (χ1n) is 10.0. The van der Waals surface area contributed by atoms with E-state index in [1.807, 2.05) is 17.1 Å². The van der Waals surface area contributed by atoms with Gasteiger partial charge >= 0.3 is 6.18 Å². The Bertz CT molecular complexity index is 1040. The van der Waals surface area contributed by atoms with Crippen LogP contribution in [0.4, 0.5) is 18.9 Å². The Labute approximate surface area is 176 Å². The van der Waals surface area contributed by atoms with Gasteiger partial charge in [0.15, 0.2) is 0 Å². The zero-order valence-electron chi connectivity index (χ0n) is 16.7. The Morgan fingerprint density at radius 1 is 0.935 bits per heavy atom. The minimum atomic E-state index is -4.56. The number of hydrogen-bond donors (Lipinski definition) is 0. The molecule has 0 N–H and O–H groups in total. The highest BCUT2D eigenvalue weighted by atomic mass is 19.4. The Morgan fingerprint density at radius 3 is 2.26 bits per heavy atom. The van der Waals surface area contributed by atoms with Crippen LogP contribution in [0.25, 0.3) is 0 Å². The predicted octanol–water partition coefficient (Wildman–Crippen LogP) is 3.25. The molecule has 2 amide bonds. The molecule has 0 aromatic heterocycles. The number of imide groups is 1. The quantitative estimate of drug-likeness (QED) is 0.699. The molecule has 5 rings (SSSR count). The topological polar surface area (TPSA) is 53.1 Å². The summed E-state index contributed by atoms with van der Waals surface area (Å²) in [5.41, 5.74) is -0.0668. The molecule has 3 heterocycles. The Balaban J connectivity index is 1.55. The monoisotopic (exact) mass is 431 g/mol. The molecular weight excluding hydrogens is 411 g/mol. The van der Waals surface area contributed by atoms with Crippen LogP contribution in [-0.4, -0.2) is 48.1 Å². The van der Waals surface area contributed by atoms with E-state index in [4.69, 9.17) is 4.74 Å². The van der Waals surface area contributed by atoms with Crippen molar-refractivity contribution < 1.29 is 27.5 Å². The summed E-state index contributed by atoms with van der Waals surface area (Å²) in [4.78, 5) is 27.7. The molecule has 3 aliphatic heterocycles. The number of amides is 2. The molecule has 6 nitrogen and oxygen atoms in total. The number of hydrogen-bond acceptors (Lipinski definition) is 5. The first-order valence-corrected chi connectivity index (χ1v) is 10.0. The molecule has 3 aliphatic rings. The van der Waals surface area contributed by atoms with Crippen molar-refractivity contribution in [2.75, 3.05) is 25.1 Å². The van der Waals surface area contributed by atoms with E-state index in [1.54, 1.807) is 19.2 Å². The molecule has 0 aliphatic carbocycles. The van der Waals surface area contributed by atoms with Gasteiger partial charge in [-0.1, -0.05) is 18.2 Å². The number of halogens is 3. The van der Waals surface area contributed by atoms with E-state index in [0.717, 1.165) is 29.0 Å². The maximum Gasteiger partial charge on any atom is 0.416 e. The van der Waals surface area contributed by atoms with Gasteiger partial charge < -0.3 is 4.74 Å². The molecule has 31 heavy (non-hydrogen) atoms. The number of anilines is 1. The third kappa shape index (κ3) is 3.02. The summed E-state index contributed by atoms with van der Waals surface area (Å²) in [7, 11) is 1.56. The Morgan fingerprint density at radius 2 is 1.61 bits per heavy atom. The van der Waals surface area contributed by atoms with Crippen LogP contribution < -0.4 is 9.64 Å². The normalized spacial score (nSPS) is 26.5. The Hall–Kier alpha value is -2.91. The van der Waals surface area contributed by atoms with Crippen molar-refractivity contribution in [3.63, 3.8) is 0 Å². The van der Waals surface area contributed by atoms with Crippen LogP contribution in [0, 0.1) is 5.92 Å². The highest BCUT2D eigenvalue weighted by Gasteiger charge is 2.62. The number of methoxy groups -OCH3 is 1. The van der Waals surface area contributed by atoms with Crippen molar-refractivity contribution >= 4 is 17.5 Å². The Kier molecular flexibility index (Phi) is 4.56. The second kappa shape index (κ2) is 7.06. The number of alkyl halides is 3. The fraction of sp³-hybridized carbons (Fsp3) is 0.364. The van der Waals surface area contributed by atoms with E-state index in [1.165, 1.54) is 12.1 Å². The number of benzene rings is 2. The van der Waals surface area contributed by atoms with Crippen LogP contribution >= 0.6 is 0 Å². The van der Waals surface area contributed by atoms with E-state index in [9.17, 15) is 22.8 Å². The smallest absolute Gasteiger partial charge is 0.416 e. The molecule has 3 saturated heterocycles. The van der Waals surface area contributed by atoms with E-state index in [-0.39, 0.29) is 11.7 Å². The van der Waals surface area contributed by atoms with Crippen molar-refractivity contribution in [2.45, 2.75) is 24.7 Å². The largest absolute Gasteiger partial charge is 0.497 e. The van der Waals surface area contributed by atoms with Crippen LogP contribution in [0.5, 0.6) is 5.75 Å². The van der Waals surface area contributed by atoms with Crippen LogP contribution in [-0.2, 0) is 15.8 Å². The molecule has 0 spiro atoms. The van der Waals surface area contributed by atoms with Crippen molar-refractivity contribution in [2.24, 2.45) is 5.92 Å². The highest BCUT2D eigenvalue weighted by molar-refractivity contribution is 6.24. The van der Waals surface area contributed by atoms with Gasteiger partial charge in [-0.25, -0.2) is 14.9 Å². The van der Waals surface area contributed by atoms with Crippen LogP contribution in [0.15, 0.2) is 48.5 Å². The van der Waals surface area contributed by atoms with E-state index in [0.29, 0.717) is 18.8 Å². The first kappa shape index (κ1) is 20.0. The number of fused-ring (bicyclic) bond motifs is 3. The molecule has 2 aromatic rings. The number of ether oxygens (including phenoxy) is 1. The number of hydrazine groups is 1. The minimum absolute atomic E-state index is 0.0431. The zero-order valence-corrected chi connectivity index (χ0v) is 16.7. The van der Waals surface area contributed by atoms with Gasteiger partial charge in [0.2, 0.25) is 5.91 Å². The lowest BCUT2D eigenvalue weighted by molar-refractivity contribution is -0.137. The summed E-state index contributed by atoms with van der Waals surface area (Å²) in [6.45, 7) is 1.34. The second-order valence-corrected chi connectivity index (χ2v) is 7.93. The van der Waals surface area contributed by atoms with E-state index < -0.39 is 35.5 Å². The summed E-state index contributed by atoms with van der Waals surface area (Å²) >= 11 is 0. The third-order valence-corrected chi connectivity index (χ3v) is 6.29. The highest BCUT2D eigenvalue weighted by Crippen LogP contribution is 2.49. The van der Waals surface area contributed by atoms with Gasteiger partial charge in [-0.05, 0) is 42.3 Å². The molecular formula is C22H20F3N3O3. The molecule has 162 valence electrons. The summed E-state index contributed by atoms with van der Waals surface area (Å²) in [5.74, 6) is -0.950. The van der Waals surface area contributed by atoms with Crippen molar-refractivity contribution in [1.82, 2.24) is 10.0 Å². The van der Waals surface area contributed by atoms with Gasteiger partial charge in [0.05, 0.1) is 30.3 Å². The van der Waals surface area contributed by atoms with Crippen molar-refractivity contribution in [3.8, 4) is 5.75 Å². The van der Waals surface area contributed by atoms with Gasteiger partial charge in [0, 0.05) is 13.1 Å². The molecule has 0 unspecified atom stereocenters. The van der Waals surface area contributed by atoms with Gasteiger partial charge in [0.1, 0.15) is 11.8 Å². The van der Waals surface area contributed by atoms with Crippen molar-refractivity contribution in [1.29, 1.82) is 0 Å². The molecule has 0 bridgehead atoms. The summed E-state index contributed by atoms with van der Waals surface area (Å²) in [6.07, 6.45) is -3.71. The van der Waals surface area contributed by atoms with Crippen molar-refractivity contribution in [3.05, 3.63) is 59.7 Å². The second-order valence-electron chi connectivity index (χ2n) is 7.93. The standard InChI is InChI=1S/C22H20F3N3O3/c1-31-16-8-6-13(7-9-16)18-17-19(27-11-3-10-26(18)27)21(30)28(20(17)29)15-5-2-4-14(12-15)22(23,24)25/h2,4-9,12,17-19H,3,10-11H2,1H3/t17-,18+,19-/m0/s1. The van der Waals surface area contributed by atoms with E-state index >= 15 is 0 Å². The number of carbonyl (C=O) groups excluding carboxylic acids is 2. The predicted molar refractivity (Wildman–Crippen MR) is 105 cm³/mol. The summed E-state index contributed by atoms with van der Waals surface area (Å²) in [5, 5.41) is 3.96. The fourth-order valence-corrected chi connectivity index (χ4v) is 4.99. The number of rotatable bonds is 3. The molecule has 9 heteroatoms. The average Bonchev–Trinajstić information content (AvgIpc) is 3.40. The lowest BCUT2D eigenvalue weighted by atomic mass is 9.90. The van der Waals surface area contributed by atoms with E-state index in [2.05, 4.69) is 5.01 Å². The molecule has 0 radical (unpaired) electrons. The molecule has 3 atom stereocenters. The average molecular weight is 431 g/mol. The van der Waals surface area contributed by atoms with Gasteiger partial charge in [-0.2, -0.15) is 13.2 Å². The van der Waals surface area contributed by atoms with Gasteiger partial charge in [0.25, 0.3) is 5.91 Å². The minimum Gasteiger partial charge on any atom is -0.497 e.